The fourth-order valence-electron chi connectivity index (χ4n) is 4.27. The lowest BCUT2D eigenvalue weighted by atomic mass is 9.95. The van der Waals surface area contributed by atoms with Gasteiger partial charge in [-0.05, 0) is 49.3 Å². The van der Waals surface area contributed by atoms with Gasteiger partial charge in [0.05, 0.1) is 6.54 Å². The summed E-state index contributed by atoms with van der Waals surface area (Å²) in [6.45, 7) is 1.50. The van der Waals surface area contributed by atoms with Gasteiger partial charge in [0.1, 0.15) is 6.10 Å². The first-order chi connectivity index (χ1) is 14.9. The van der Waals surface area contributed by atoms with Gasteiger partial charge in [-0.25, -0.2) is 14.5 Å². The molecule has 0 saturated carbocycles. The van der Waals surface area contributed by atoms with Crippen LogP contribution in [0.4, 0.5) is 0 Å². The quantitative estimate of drug-likeness (QED) is 0.554. The largest absolute Gasteiger partial charge is 0.422 e. The molecule has 4 rings (SSSR count). The molecule has 166 valence electrons. The van der Waals surface area contributed by atoms with Crippen LogP contribution in [0.15, 0.2) is 30.3 Å². The number of halogens is 1. The van der Waals surface area contributed by atoms with Gasteiger partial charge in [0.15, 0.2) is 0 Å². The number of rotatable bonds is 4. The fourth-order valence-corrected chi connectivity index (χ4v) is 4.40. The third kappa shape index (κ3) is 4.61. The number of carbonyl (C=O) groups is 3. The van der Waals surface area contributed by atoms with Crippen molar-refractivity contribution >= 4 is 35.5 Å². The number of nitrogens with zero attached hydrogens (tertiary/aromatic N) is 2. The highest BCUT2D eigenvalue weighted by Crippen LogP contribution is 2.35. The SMILES string of the molecule is O=C1OC2(OC1=O)C(O)CCCN2CC(=O)N1CCC(/C=C/c2ccc(Cl)cc2)CC1. The van der Waals surface area contributed by atoms with Crippen molar-refractivity contribution in [1.82, 2.24) is 9.80 Å². The van der Waals surface area contributed by atoms with Gasteiger partial charge in [0.2, 0.25) is 5.91 Å². The zero-order valence-electron chi connectivity index (χ0n) is 17.0. The van der Waals surface area contributed by atoms with Gasteiger partial charge in [-0.1, -0.05) is 35.9 Å². The summed E-state index contributed by atoms with van der Waals surface area (Å²) in [6, 6.07) is 7.63. The summed E-state index contributed by atoms with van der Waals surface area (Å²) in [4.78, 5) is 39.3. The first-order valence-corrected chi connectivity index (χ1v) is 10.9. The van der Waals surface area contributed by atoms with E-state index in [1.165, 1.54) is 4.90 Å². The van der Waals surface area contributed by atoms with E-state index in [0.717, 1.165) is 18.4 Å². The van der Waals surface area contributed by atoms with Crippen LogP contribution in [0.25, 0.3) is 6.08 Å². The number of hydrogen-bond acceptors (Lipinski definition) is 7. The molecule has 31 heavy (non-hydrogen) atoms. The zero-order valence-corrected chi connectivity index (χ0v) is 17.8. The van der Waals surface area contributed by atoms with Crippen LogP contribution >= 0.6 is 11.6 Å². The summed E-state index contributed by atoms with van der Waals surface area (Å²) in [5.41, 5.74) is 1.08. The van der Waals surface area contributed by atoms with Gasteiger partial charge in [-0.2, -0.15) is 0 Å². The summed E-state index contributed by atoms with van der Waals surface area (Å²) >= 11 is 5.91. The van der Waals surface area contributed by atoms with E-state index in [1.54, 1.807) is 4.90 Å². The maximum absolute atomic E-state index is 12.9. The molecule has 3 aliphatic heterocycles. The average Bonchev–Trinajstić information content (AvgIpc) is 3.07. The molecule has 1 aromatic carbocycles. The van der Waals surface area contributed by atoms with Crippen molar-refractivity contribution in [1.29, 1.82) is 0 Å². The van der Waals surface area contributed by atoms with E-state index in [2.05, 4.69) is 12.2 Å². The Balaban J connectivity index is 1.33. The van der Waals surface area contributed by atoms with Crippen LogP contribution in [0.1, 0.15) is 31.2 Å². The van der Waals surface area contributed by atoms with E-state index in [9.17, 15) is 19.5 Å². The van der Waals surface area contributed by atoms with Crippen molar-refractivity contribution in [3.8, 4) is 0 Å². The number of piperidine rings is 2. The lowest BCUT2D eigenvalue weighted by Gasteiger charge is -2.43. The summed E-state index contributed by atoms with van der Waals surface area (Å²) in [5, 5.41) is 11.1. The molecule has 1 spiro atoms. The molecular formula is C22H25ClN2O6. The number of allylic oxidation sites excluding steroid dienone is 1. The molecule has 9 heteroatoms. The minimum Gasteiger partial charge on any atom is -0.397 e. The number of ether oxygens (including phenoxy) is 2. The van der Waals surface area contributed by atoms with Crippen molar-refractivity contribution in [2.75, 3.05) is 26.2 Å². The van der Waals surface area contributed by atoms with Gasteiger partial charge in [-0.15, -0.1) is 0 Å². The average molecular weight is 449 g/mol. The lowest BCUT2D eigenvalue weighted by molar-refractivity contribution is -0.304. The van der Waals surface area contributed by atoms with Gasteiger partial charge < -0.3 is 19.5 Å². The van der Waals surface area contributed by atoms with Crippen molar-refractivity contribution in [3.63, 3.8) is 0 Å². The van der Waals surface area contributed by atoms with E-state index in [-0.39, 0.29) is 12.5 Å². The number of benzene rings is 1. The van der Waals surface area contributed by atoms with Crippen molar-refractivity contribution < 1.29 is 29.0 Å². The molecule has 1 amide bonds. The van der Waals surface area contributed by atoms with Crippen LogP contribution in [0.2, 0.25) is 5.02 Å². The molecule has 3 fully saturated rings. The Bertz CT molecular complexity index is 862. The summed E-state index contributed by atoms with van der Waals surface area (Å²) in [6.07, 6.45) is 5.65. The van der Waals surface area contributed by atoms with E-state index in [1.807, 2.05) is 24.3 Å². The Morgan fingerprint density at radius 3 is 2.39 bits per heavy atom. The lowest BCUT2D eigenvalue weighted by Crippen LogP contribution is -2.63. The second-order valence-corrected chi connectivity index (χ2v) is 8.55. The van der Waals surface area contributed by atoms with Gasteiger partial charge in [0.25, 0.3) is 0 Å². The second-order valence-electron chi connectivity index (χ2n) is 8.12. The monoisotopic (exact) mass is 448 g/mol. The molecule has 8 nitrogen and oxygen atoms in total. The third-order valence-electron chi connectivity index (χ3n) is 6.06. The second kappa shape index (κ2) is 8.98. The number of esters is 2. The maximum Gasteiger partial charge on any atom is 0.422 e. The topological polar surface area (TPSA) is 96.4 Å². The first kappa shape index (κ1) is 21.8. The number of amides is 1. The molecule has 3 saturated heterocycles. The molecular weight excluding hydrogens is 424 g/mol. The Hall–Kier alpha value is -2.42. The van der Waals surface area contributed by atoms with Crippen LogP contribution in [0.5, 0.6) is 0 Å². The fraction of sp³-hybridized carbons (Fsp3) is 0.500. The molecule has 1 aromatic rings. The Kier molecular flexibility index (Phi) is 6.31. The zero-order chi connectivity index (χ0) is 22.0. The molecule has 3 aliphatic rings. The number of likely N-dealkylation sites (tertiary alicyclic amines) is 2. The van der Waals surface area contributed by atoms with Crippen LogP contribution in [0.3, 0.4) is 0 Å². The molecule has 1 N–H and O–H groups in total. The highest BCUT2D eigenvalue weighted by molar-refractivity contribution is 6.31. The molecule has 0 bridgehead atoms. The Morgan fingerprint density at radius 1 is 1.10 bits per heavy atom. The normalized spacial score (nSPS) is 24.6. The molecule has 0 aromatic heterocycles. The predicted octanol–water partition coefficient (Wildman–Crippen LogP) is 1.80. The van der Waals surface area contributed by atoms with Crippen molar-refractivity contribution in [3.05, 3.63) is 40.9 Å². The summed E-state index contributed by atoms with van der Waals surface area (Å²) in [5.74, 6) is -3.95. The van der Waals surface area contributed by atoms with Crippen LogP contribution < -0.4 is 0 Å². The molecule has 0 radical (unpaired) electrons. The van der Waals surface area contributed by atoms with Crippen LogP contribution in [-0.2, 0) is 23.9 Å². The standard InChI is InChI=1S/C22H25ClN2O6/c23-17-7-5-15(6-8-17)3-4-16-9-12-24(13-10-16)19(27)14-25-11-1-2-18(26)22(25)30-20(28)21(29)31-22/h3-8,16,18,26H,1-2,9-14H2/b4-3+. The molecule has 3 heterocycles. The Morgan fingerprint density at radius 2 is 1.74 bits per heavy atom. The Labute approximate surface area is 185 Å². The number of carbonyl (C=O) groups excluding carboxylic acids is 3. The summed E-state index contributed by atoms with van der Waals surface area (Å²) < 4.78 is 10.2. The smallest absolute Gasteiger partial charge is 0.397 e. The van der Waals surface area contributed by atoms with Gasteiger partial charge in [0, 0.05) is 24.7 Å². The van der Waals surface area contributed by atoms with E-state index < -0.39 is 24.0 Å². The number of aliphatic hydroxyl groups is 1. The molecule has 1 unspecified atom stereocenters. The first-order valence-electron chi connectivity index (χ1n) is 10.5. The summed E-state index contributed by atoms with van der Waals surface area (Å²) in [7, 11) is 0. The third-order valence-corrected chi connectivity index (χ3v) is 6.31. The van der Waals surface area contributed by atoms with Gasteiger partial charge in [-0.3, -0.25) is 4.79 Å². The van der Waals surface area contributed by atoms with E-state index >= 15 is 0 Å². The van der Waals surface area contributed by atoms with Crippen LogP contribution in [0, 0.1) is 5.92 Å². The minimum absolute atomic E-state index is 0.0943. The highest BCUT2D eigenvalue weighted by atomic mass is 35.5. The van der Waals surface area contributed by atoms with Crippen LogP contribution in [-0.4, -0.2) is 70.9 Å². The predicted molar refractivity (Wildman–Crippen MR) is 112 cm³/mol. The maximum atomic E-state index is 12.9. The highest BCUT2D eigenvalue weighted by Gasteiger charge is 2.59. The van der Waals surface area contributed by atoms with Gasteiger partial charge >= 0.3 is 17.8 Å². The molecule has 0 aliphatic carbocycles. The molecule has 1 atom stereocenters. The van der Waals surface area contributed by atoms with Crippen molar-refractivity contribution in [2.24, 2.45) is 5.92 Å². The van der Waals surface area contributed by atoms with E-state index in [4.69, 9.17) is 21.1 Å². The van der Waals surface area contributed by atoms with E-state index in [0.29, 0.717) is 43.4 Å². The van der Waals surface area contributed by atoms with Crippen molar-refractivity contribution in [2.45, 2.75) is 37.7 Å². The number of aliphatic hydroxyl groups excluding tert-OH is 1. The number of hydrogen-bond donors (Lipinski definition) is 1. The minimum atomic E-state index is -1.89.